The molecule has 13 heteroatoms. The van der Waals surface area contributed by atoms with Gasteiger partial charge in [0, 0.05) is 42.8 Å². The summed E-state index contributed by atoms with van der Waals surface area (Å²) < 4.78 is 14.6. The van der Waals surface area contributed by atoms with Gasteiger partial charge in [0.15, 0.2) is 17.5 Å². The maximum absolute atomic E-state index is 13.2. The van der Waals surface area contributed by atoms with Crippen LogP contribution in [-0.4, -0.2) is 71.0 Å². The first kappa shape index (κ1) is 23.8. The largest absolute Gasteiger partial charge is 0.334 e. The van der Waals surface area contributed by atoms with Gasteiger partial charge in [0.2, 0.25) is 5.95 Å². The van der Waals surface area contributed by atoms with Crippen molar-refractivity contribution < 1.29 is 9.18 Å². The highest BCUT2D eigenvalue weighted by Gasteiger charge is 2.46. The van der Waals surface area contributed by atoms with Crippen molar-refractivity contribution in [1.82, 2.24) is 45.1 Å². The van der Waals surface area contributed by atoms with E-state index in [2.05, 4.69) is 40.8 Å². The van der Waals surface area contributed by atoms with Crippen LogP contribution in [0.25, 0.3) is 5.82 Å². The number of piperazine rings is 1. The average Bonchev–Trinajstić information content (AvgIpc) is 3.69. The number of amides is 2. The number of fused-ring (bicyclic) bond motifs is 2. The topological polar surface area (TPSA) is 133 Å². The number of hydrogen-bond donors (Lipinski definition) is 3. The van der Waals surface area contributed by atoms with Gasteiger partial charge >= 0.3 is 6.03 Å². The van der Waals surface area contributed by atoms with E-state index in [-0.39, 0.29) is 24.2 Å². The maximum Gasteiger partial charge on any atom is 0.318 e. The summed E-state index contributed by atoms with van der Waals surface area (Å²) in [6.45, 7) is 7.07. The molecule has 4 aromatic heterocycles. The van der Waals surface area contributed by atoms with Crippen molar-refractivity contribution in [3.63, 3.8) is 0 Å². The second kappa shape index (κ2) is 9.39. The minimum atomic E-state index is -0.426. The predicted molar refractivity (Wildman–Crippen MR) is 138 cm³/mol. The SMILES string of the molecule is Cc1cc(Nc2cc(C)[nH]n2)nc(N2C[C@@H]3C[C@H]2CN3C(=O)N[C@@H](C)c2ccc(-n3cc(F)cn3)nc2)n1. The molecule has 4 aromatic rings. The lowest BCUT2D eigenvalue weighted by Crippen LogP contribution is -2.52. The van der Waals surface area contributed by atoms with Gasteiger partial charge in [0.05, 0.1) is 30.5 Å². The first-order valence-electron chi connectivity index (χ1n) is 12.5. The normalized spacial score (nSPS) is 19.2. The maximum atomic E-state index is 13.2. The number of H-pyrrole nitrogens is 1. The number of halogens is 1. The van der Waals surface area contributed by atoms with E-state index in [9.17, 15) is 9.18 Å². The molecule has 3 atom stereocenters. The third-order valence-electron chi connectivity index (χ3n) is 6.96. The van der Waals surface area contributed by atoms with Crippen molar-refractivity contribution in [3.8, 4) is 5.82 Å². The molecule has 2 aliphatic rings. The fourth-order valence-corrected chi connectivity index (χ4v) is 5.09. The molecule has 2 bridgehead atoms. The first-order valence-corrected chi connectivity index (χ1v) is 12.5. The highest BCUT2D eigenvalue weighted by Crippen LogP contribution is 2.34. The lowest BCUT2D eigenvalue weighted by atomic mass is 10.1. The molecule has 0 saturated carbocycles. The van der Waals surface area contributed by atoms with Crippen LogP contribution in [0.3, 0.4) is 0 Å². The molecular weight excluding hydrogens is 489 g/mol. The minimum Gasteiger partial charge on any atom is -0.334 e. The zero-order chi connectivity index (χ0) is 26.4. The molecule has 0 radical (unpaired) electrons. The highest BCUT2D eigenvalue weighted by atomic mass is 19.1. The number of carbonyl (C=O) groups is 1. The fraction of sp³-hybridized carbons (Fsp3) is 0.360. The van der Waals surface area contributed by atoms with Crippen LogP contribution in [0.15, 0.2) is 42.9 Å². The first-order chi connectivity index (χ1) is 18.3. The van der Waals surface area contributed by atoms with Gasteiger partial charge in [-0.25, -0.2) is 23.8 Å². The smallest absolute Gasteiger partial charge is 0.318 e. The average molecular weight is 518 g/mol. The van der Waals surface area contributed by atoms with E-state index in [4.69, 9.17) is 4.98 Å². The molecule has 0 aromatic carbocycles. The Labute approximate surface area is 218 Å². The zero-order valence-corrected chi connectivity index (χ0v) is 21.3. The van der Waals surface area contributed by atoms with Gasteiger partial charge in [0.25, 0.3) is 0 Å². The molecule has 0 spiro atoms. The molecule has 2 aliphatic heterocycles. The summed E-state index contributed by atoms with van der Waals surface area (Å²) in [6.07, 6.45) is 4.93. The number of aryl methyl sites for hydroxylation is 2. The van der Waals surface area contributed by atoms with E-state index in [1.165, 1.54) is 10.9 Å². The van der Waals surface area contributed by atoms with E-state index in [0.29, 0.717) is 36.5 Å². The van der Waals surface area contributed by atoms with Crippen LogP contribution in [0.5, 0.6) is 0 Å². The molecule has 38 heavy (non-hydrogen) atoms. The molecule has 0 aliphatic carbocycles. The summed E-state index contributed by atoms with van der Waals surface area (Å²) in [5.74, 6) is 2.12. The summed E-state index contributed by atoms with van der Waals surface area (Å²) in [5, 5.41) is 17.4. The lowest BCUT2D eigenvalue weighted by Gasteiger charge is -2.35. The number of aromatic amines is 1. The molecule has 196 valence electrons. The summed E-state index contributed by atoms with van der Waals surface area (Å²) in [6, 6.07) is 7.29. The van der Waals surface area contributed by atoms with Gasteiger partial charge in [-0.1, -0.05) is 6.07 Å². The third kappa shape index (κ3) is 4.62. The van der Waals surface area contributed by atoms with Crippen LogP contribution in [0, 0.1) is 19.7 Å². The van der Waals surface area contributed by atoms with Crippen LogP contribution in [0.1, 0.15) is 36.3 Å². The molecule has 2 saturated heterocycles. The predicted octanol–water partition coefficient (Wildman–Crippen LogP) is 3.01. The van der Waals surface area contributed by atoms with E-state index in [1.54, 1.807) is 12.3 Å². The number of rotatable bonds is 6. The number of aromatic nitrogens is 7. The van der Waals surface area contributed by atoms with Crippen LogP contribution >= 0.6 is 0 Å². The number of likely N-dealkylation sites (tertiary alicyclic amines) is 1. The van der Waals surface area contributed by atoms with Crippen LogP contribution < -0.4 is 15.5 Å². The Balaban J connectivity index is 1.08. The van der Waals surface area contributed by atoms with Crippen LogP contribution in [-0.2, 0) is 0 Å². The van der Waals surface area contributed by atoms with Crippen molar-refractivity contribution in [1.29, 1.82) is 0 Å². The Morgan fingerprint density at radius 3 is 2.66 bits per heavy atom. The number of nitrogens with zero attached hydrogens (tertiary/aromatic N) is 8. The minimum absolute atomic E-state index is 0.0805. The Hall–Kier alpha value is -4.55. The summed E-state index contributed by atoms with van der Waals surface area (Å²) in [5.41, 5.74) is 2.66. The van der Waals surface area contributed by atoms with E-state index < -0.39 is 5.82 Å². The van der Waals surface area contributed by atoms with Gasteiger partial charge in [-0.2, -0.15) is 15.2 Å². The fourth-order valence-electron chi connectivity index (χ4n) is 5.09. The molecule has 0 unspecified atom stereocenters. The number of nitrogens with one attached hydrogen (secondary N) is 3. The van der Waals surface area contributed by atoms with Gasteiger partial charge in [-0.15, -0.1) is 0 Å². The quantitative estimate of drug-likeness (QED) is 0.356. The second-order valence-electron chi connectivity index (χ2n) is 9.83. The van der Waals surface area contributed by atoms with Gasteiger partial charge < -0.3 is 20.4 Å². The summed E-state index contributed by atoms with van der Waals surface area (Å²) >= 11 is 0. The molecule has 2 amide bonds. The van der Waals surface area contributed by atoms with Crippen molar-refractivity contribution in [2.75, 3.05) is 23.3 Å². The van der Waals surface area contributed by atoms with Crippen molar-refractivity contribution in [3.05, 3.63) is 65.6 Å². The molecule has 6 heterocycles. The number of hydrogen-bond acceptors (Lipinski definition) is 8. The standard InChI is InChI=1S/C25H28FN11O/c1-14-6-21(31-22-7-15(2)33-34-22)32-24(29-14)35-12-20-8-19(35)13-36(20)25(38)30-16(3)17-4-5-23(27-9-17)37-11-18(26)10-28-37/h4-7,9-11,16,19-20H,8,12-13H2,1-3H3,(H,30,38)(H2,29,31,32,33,34)/t16-,19-,20-/m0/s1. The number of anilines is 3. The number of urea groups is 1. The molecule has 2 fully saturated rings. The van der Waals surface area contributed by atoms with E-state index in [1.807, 2.05) is 43.9 Å². The molecule has 12 nitrogen and oxygen atoms in total. The van der Waals surface area contributed by atoms with Gasteiger partial charge in [0.1, 0.15) is 5.82 Å². The summed E-state index contributed by atoms with van der Waals surface area (Å²) in [7, 11) is 0. The Kier molecular flexibility index (Phi) is 5.89. The number of carbonyl (C=O) groups excluding carboxylic acids is 1. The van der Waals surface area contributed by atoms with E-state index >= 15 is 0 Å². The van der Waals surface area contributed by atoms with E-state index in [0.717, 1.165) is 29.6 Å². The van der Waals surface area contributed by atoms with Crippen LogP contribution in [0.4, 0.5) is 26.8 Å². The van der Waals surface area contributed by atoms with Crippen molar-refractivity contribution in [2.45, 2.75) is 45.3 Å². The third-order valence-corrected chi connectivity index (χ3v) is 6.96. The molecule has 6 rings (SSSR count). The second-order valence-corrected chi connectivity index (χ2v) is 9.83. The lowest BCUT2D eigenvalue weighted by molar-refractivity contribution is 0.185. The molecule has 3 N–H and O–H groups in total. The van der Waals surface area contributed by atoms with Gasteiger partial charge in [-0.05, 0) is 38.8 Å². The summed E-state index contributed by atoms with van der Waals surface area (Å²) in [4.78, 5) is 31.0. The Morgan fingerprint density at radius 2 is 2.00 bits per heavy atom. The van der Waals surface area contributed by atoms with Crippen LogP contribution in [0.2, 0.25) is 0 Å². The molecular formula is C25H28FN11O. The van der Waals surface area contributed by atoms with Gasteiger partial charge in [-0.3, -0.25) is 5.10 Å². The van der Waals surface area contributed by atoms with Crippen molar-refractivity contribution >= 4 is 23.6 Å². The Bertz CT molecular complexity index is 1470. The highest BCUT2D eigenvalue weighted by molar-refractivity contribution is 5.76. The number of pyridine rings is 1. The zero-order valence-electron chi connectivity index (χ0n) is 21.3. The monoisotopic (exact) mass is 517 g/mol. The van der Waals surface area contributed by atoms with Crippen molar-refractivity contribution in [2.24, 2.45) is 0 Å². The Morgan fingerprint density at radius 1 is 1.13 bits per heavy atom.